The molecule has 8 nitrogen and oxygen atoms in total. The topological polar surface area (TPSA) is 91.5 Å². The molecule has 3 heterocycles. The lowest BCUT2D eigenvalue weighted by Crippen LogP contribution is -2.34. The van der Waals surface area contributed by atoms with E-state index in [0.717, 1.165) is 11.1 Å². The Morgan fingerprint density at radius 2 is 1.79 bits per heavy atom. The molecule has 1 aliphatic rings. The summed E-state index contributed by atoms with van der Waals surface area (Å²) in [5, 5.41) is 11.8. The van der Waals surface area contributed by atoms with Crippen LogP contribution in [0.5, 0.6) is 5.75 Å². The van der Waals surface area contributed by atoms with Crippen LogP contribution in [0.3, 0.4) is 0 Å². The maximum atomic E-state index is 12.7. The number of fused-ring (bicyclic) bond motifs is 1. The van der Waals surface area contributed by atoms with Crippen molar-refractivity contribution >= 4 is 16.9 Å². The molecule has 0 radical (unpaired) electrons. The summed E-state index contributed by atoms with van der Waals surface area (Å²) in [6, 6.07) is 5.13. The van der Waals surface area contributed by atoms with Gasteiger partial charge in [-0.15, -0.1) is 5.10 Å². The minimum atomic E-state index is -4.43. The summed E-state index contributed by atoms with van der Waals surface area (Å²) >= 11 is 0. The Balaban J connectivity index is 1.67. The van der Waals surface area contributed by atoms with Crippen LogP contribution in [-0.4, -0.2) is 53.5 Å². The van der Waals surface area contributed by atoms with Crippen molar-refractivity contribution in [2.24, 2.45) is 0 Å². The minimum Gasteiger partial charge on any atom is -0.484 e. The minimum absolute atomic E-state index is 0.140. The molecule has 2 aromatic heterocycles. The van der Waals surface area contributed by atoms with Crippen LogP contribution in [0.4, 0.5) is 19.2 Å². The summed E-state index contributed by atoms with van der Waals surface area (Å²) in [5.41, 5.74) is 2.21. The van der Waals surface area contributed by atoms with Gasteiger partial charge >= 0.3 is 12.2 Å². The molecule has 0 unspecified atom stereocenters. The second kappa shape index (κ2) is 8.70. The monoisotopic (exact) mass is 480 g/mol. The molecule has 1 saturated heterocycles. The first-order chi connectivity index (χ1) is 15.8. The molecule has 34 heavy (non-hydrogen) atoms. The number of hydrogen-bond donors (Lipinski definition) is 1. The smallest absolute Gasteiger partial charge is 0.422 e. The van der Waals surface area contributed by atoms with E-state index in [0.29, 0.717) is 36.4 Å². The average molecular weight is 480 g/mol. The second-order valence-corrected chi connectivity index (χ2v) is 9.44. The number of aryl methyl sites for hydroxylation is 1. The Hall–Kier alpha value is -2.92. The molecule has 0 saturated carbocycles. The third kappa shape index (κ3) is 5.41. The van der Waals surface area contributed by atoms with Crippen molar-refractivity contribution in [2.75, 3.05) is 31.7 Å². The summed E-state index contributed by atoms with van der Waals surface area (Å²) in [5.74, 6) is -0.412. The number of hydrogen-bond acceptors (Lipinski definition) is 8. The van der Waals surface area contributed by atoms with Crippen molar-refractivity contribution in [1.82, 2.24) is 15.2 Å². The molecule has 1 fully saturated rings. The first-order valence-corrected chi connectivity index (χ1v) is 10.8. The Kier molecular flexibility index (Phi) is 6.19. The van der Waals surface area contributed by atoms with Gasteiger partial charge in [0.05, 0.1) is 25.3 Å². The lowest BCUT2D eigenvalue weighted by Gasteiger charge is -2.23. The van der Waals surface area contributed by atoms with Crippen LogP contribution in [-0.2, 0) is 14.9 Å². The predicted octanol–water partition coefficient (Wildman–Crippen LogP) is 5.01. The molecule has 0 amide bonds. The van der Waals surface area contributed by atoms with E-state index in [-0.39, 0.29) is 17.7 Å². The van der Waals surface area contributed by atoms with E-state index in [2.05, 4.69) is 15.5 Å². The molecular weight excluding hydrogens is 453 g/mol. The molecule has 1 aromatic carbocycles. The molecule has 184 valence electrons. The van der Waals surface area contributed by atoms with Gasteiger partial charge in [-0.25, -0.2) is 4.98 Å². The third-order valence-electron chi connectivity index (χ3n) is 5.41. The fourth-order valence-corrected chi connectivity index (χ4v) is 3.69. The quantitative estimate of drug-likeness (QED) is 0.527. The van der Waals surface area contributed by atoms with Crippen molar-refractivity contribution in [3.05, 3.63) is 29.3 Å². The molecule has 0 atom stereocenters. The molecule has 1 N–H and O–H groups in total. The van der Waals surface area contributed by atoms with Gasteiger partial charge in [0.15, 0.2) is 12.4 Å². The van der Waals surface area contributed by atoms with Gasteiger partial charge in [-0.05, 0) is 48.6 Å². The second-order valence-electron chi connectivity index (χ2n) is 9.44. The molecular formula is C23H27F3N4O4. The van der Waals surface area contributed by atoms with Crippen molar-refractivity contribution in [3.63, 3.8) is 0 Å². The van der Waals surface area contributed by atoms with Gasteiger partial charge in [-0.1, -0.05) is 25.9 Å². The first-order valence-electron chi connectivity index (χ1n) is 10.8. The zero-order chi connectivity index (χ0) is 24.7. The molecule has 3 aromatic rings. The standard InChI is InChI=1S/C23H27F3N4O4/c1-13-8-17(19-29-30-20(34-19)27-11-22(5)32-6-7-33-22)28-18-15(13)9-14(31-12-23(24,25)26)10-16(18)21(2,3)4/h8-10H,6-7,11-12H2,1-5H3,(H,27,30). The van der Waals surface area contributed by atoms with E-state index >= 15 is 0 Å². The van der Waals surface area contributed by atoms with Crippen molar-refractivity contribution in [3.8, 4) is 17.3 Å². The molecule has 0 aliphatic carbocycles. The highest BCUT2D eigenvalue weighted by atomic mass is 19.4. The molecule has 1 aliphatic heterocycles. The van der Waals surface area contributed by atoms with Gasteiger partial charge in [0, 0.05) is 5.39 Å². The van der Waals surface area contributed by atoms with E-state index < -0.39 is 24.0 Å². The normalized spacial score (nSPS) is 16.2. The first kappa shape index (κ1) is 24.2. The van der Waals surface area contributed by atoms with Crippen LogP contribution < -0.4 is 10.1 Å². The number of halogens is 3. The van der Waals surface area contributed by atoms with Crippen molar-refractivity contribution in [1.29, 1.82) is 0 Å². The molecule has 4 rings (SSSR count). The van der Waals surface area contributed by atoms with Gasteiger partial charge in [-0.3, -0.25) is 0 Å². The van der Waals surface area contributed by atoms with Crippen molar-refractivity contribution in [2.45, 2.75) is 52.0 Å². The third-order valence-corrected chi connectivity index (χ3v) is 5.41. The number of alkyl halides is 3. The number of pyridine rings is 1. The van der Waals surface area contributed by atoms with Gasteiger partial charge < -0.3 is 23.9 Å². The van der Waals surface area contributed by atoms with Gasteiger partial charge in [0.2, 0.25) is 0 Å². The van der Waals surface area contributed by atoms with Crippen LogP contribution in [0.1, 0.15) is 38.8 Å². The number of ether oxygens (including phenoxy) is 3. The molecule has 0 spiro atoms. The molecule has 11 heteroatoms. The maximum absolute atomic E-state index is 12.7. The van der Waals surface area contributed by atoms with Crippen LogP contribution in [0.2, 0.25) is 0 Å². The van der Waals surface area contributed by atoms with E-state index in [1.165, 1.54) is 0 Å². The SMILES string of the molecule is Cc1cc(-c2nnc(NCC3(C)OCCO3)o2)nc2c(C(C)(C)C)cc(OCC(F)(F)F)cc12. The Morgan fingerprint density at radius 3 is 2.44 bits per heavy atom. The molecule has 0 bridgehead atoms. The van der Waals surface area contributed by atoms with E-state index in [9.17, 15) is 13.2 Å². The zero-order valence-electron chi connectivity index (χ0n) is 19.7. The summed E-state index contributed by atoms with van der Waals surface area (Å²) < 4.78 is 60.0. The number of nitrogens with one attached hydrogen (secondary N) is 1. The van der Waals surface area contributed by atoms with Gasteiger partial charge in [-0.2, -0.15) is 13.2 Å². The number of nitrogens with zero attached hydrogens (tertiary/aromatic N) is 3. The Labute approximate surface area is 194 Å². The fraction of sp³-hybridized carbons (Fsp3) is 0.522. The number of anilines is 1. The van der Waals surface area contributed by atoms with Crippen LogP contribution in [0.15, 0.2) is 22.6 Å². The summed E-state index contributed by atoms with van der Waals surface area (Å²) in [7, 11) is 0. The number of aromatic nitrogens is 3. The van der Waals surface area contributed by atoms with Crippen LogP contribution in [0, 0.1) is 6.92 Å². The lowest BCUT2D eigenvalue weighted by molar-refractivity contribution is -0.153. The maximum Gasteiger partial charge on any atom is 0.422 e. The largest absolute Gasteiger partial charge is 0.484 e. The number of benzene rings is 1. The highest BCUT2D eigenvalue weighted by Crippen LogP contribution is 2.36. The van der Waals surface area contributed by atoms with Gasteiger partial charge in [0.25, 0.3) is 5.89 Å². The van der Waals surface area contributed by atoms with Crippen LogP contribution in [0.25, 0.3) is 22.5 Å². The predicted molar refractivity (Wildman–Crippen MR) is 119 cm³/mol. The highest BCUT2D eigenvalue weighted by molar-refractivity contribution is 5.89. The Bertz CT molecular complexity index is 1180. The number of rotatable bonds is 6. The zero-order valence-corrected chi connectivity index (χ0v) is 19.7. The van der Waals surface area contributed by atoms with E-state index in [1.54, 1.807) is 18.2 Å². The van der Waals surface area contributed by atoms with E-state index in [1.807, 2.05) is 34.6 Å². The lowest BCUT2D eigenvalue weighted by atomic mass is 9.84. The summed E-state index contributed by atoms with van der Waals surface area (Å²) in [6.07, 6.45) is -4.43. The summed E-state index contributed by atoms with van der Waals surface area (Å²) in [6.45, 7) is 9.55. The Morgan fingerprint density at radius 1 is 1.09 bits per heavy atom. The van der Waals surface area contributed by atoms with Crippen molar-refractivity contribution < 1.29 is 31.8 Å². The van der Waals surface area contributed by atoms with E-state index in [4.69, 9.17) is 23.6 Å². The van der Waals surface area contributed by atoms with Crippen LogP contribution >= 0.6 is 0 Å². The highest BCUT2D eigenvalue weighted by Gasteiger charge is 2.32. The van der Waals surface area contributed by atoms with Gasteiger partial charge in [0.1, 0.15) is 11.4 Å². The fourth-order valence-electron chi connectivity index (χ4n) is 3.69. The average Bonchev–Trinajstić information content (AvgIpc) is 3.39. The summed E-state index contributed by atoms with van der Waals surface area (Å²) in [4.78, 5) is 4.74.